The first-order valence-electron chi connectivity index (χ1n) is 6.66. The molecule has 6 heteroatoms. The minimum absolute atomic E-state index is 0.139. The van der Waals surface area contributed by atoms with Crippen molar-refractivity contribution in [2.24, 2.45) is 5.73 Å². The van der Waals surface area contributed by atoms with Crippen molar-refractivity contribution in [3.05, 3.63) is 28.9 Å². The smallest absolute Gasteiger partial charge is 0.404 e. The monoisotopic (exact) mass is 283 g/mol. The van der Waals surface area contributed by atoms with Crippen molar-refractivity contribution in [3.63, 3.8) is 0 Å². The van der Waals surface area contributed by atoms with E-state index in [0.29, 0.717) is 0 Å². The lowest BCUT2D eigenvalue weighted by Crippen LogP contribution is -2.12. The number of allylic oxidation sites excluding steroid dienone is 1. The maximum atomic E-state index is 13.9. The second-order valence-electron chi connectivity index (χ2n) is 5.27. The van der Waals surface area contributed by atoms with Crippen molar-refractivity contribution < 1.29 is 13.9 Å². The van der Waals surface area contributed by atoms with Gasteiger partial charge in [-0.2, -0.15) is 5.10 Å². The van der Waals surface area contributed by atoms with Gasteiger partial charge in [-0.25, -0.2) is 9.18 Å². The molecule has 0 saturated carbocycles. The van der Waals surface area contributed by atoms with Gasteiger partial charge in [0, 0.05) is 17.7 Å². The van der Waals surface area contributed by atoms with E-state index >= 15 is 0 Å². The fraction of sp³-hybridized carbons (Fsp3) is 0.571. The fourth-order valence-electron chi connectivity index (χ4n) is 1.99. The van der Waals surface area contributed by atoms with Crippen molar-refractivity contribution in [3.8, 4) is 0 Å². The number of hydrogen-bond acceptors (Lipinski definition) is 3. The minimum atomic E-state index is -0.914. The Bertz CT molecular complexity index is 467. The number of aromatic nitrogens is 2. The summed E-state index contributed by atoms with van der Waals surface area (Å²) < 4.78 is 18.4. The summed E-state index contributed by atoms with van der Waals surface area (Å²) in [5, 5.41) is 7.26. The van der Waals surface area contributed by atoms with Crippen LogP contribution in [-0.4, -0.2) is 22.9 Å². The van der Waals surface area contributed by atoms with Gasteiger partial charge in [0.25, 0.3) is 0 Å². The molecule has 1 heterocycles. The van der Waals surface area contributed by atoms with Crippen molar-refractivity contribution in [1.82, 2.24) is 10.2 Å². The average molecular weight is 283 g/mol. The van der Waals surface area contributed by atoms with Crippen LogP contribution in [-0.2, 0) is 11.2 Å². The van der Waals surface area contributed by atoms with E-state index in [9.17, 15) is 9.18 Å². The van der Waals surface area contributed by atoms with Crippen LogP contribution >= 0.6 is 0 Å². The number of carbonyl (C=O) groups is 1. The van der Waals surface area contributed by atoms with Gasteiger partial charge in [-0.3, -0.25) is 5.10 Å². The van der Waals surface area contributed by atoms with Crippen molar-refractivity contribution in [1.29, 1.82) is 0 Å². The highest BCUT2D eigenvalue weighted by Crippen LogP contribution is 2.27. The molecule has 1 aromatic rings. The molecule has 0 saturated heterocycles. The first-order valence-corrected chi connectivity index (χ1v) is 6.66. The lowest BCUT2D eigenvalue weighted by molar-refractivity contribution is 0.168. The molecule has 0 atom stereocenters. The van der Waals surface area contributed by atoms with Crippen LogP contribution in [0.1, 0.15) is 56.5 Å². The summed E-state index contributed by atoms with van der Waals surface area (Å²) >= 11 is 0. The Kier molecular flexibility index (Phi) is 5.73. The van der Waals surface area contributed by atoms with Crippen molar-refractivity contribution in [2.45, 2.75) is 46.0 Å². The lowest BCUT2D eigenvalue weighted by atomic mass is 9.96. The normalized spacial score (nSPS) is 12.2. The fourth-order valence-corrected chi connectivity index (χ4v) is 1.99. The number of hydrogen-bond donors (Lipinski definition) is 2. The Hall–Kier alpha value is -1.85. The predicted octanol–water partition coefficient (Wildman–Crippen LogP) is 3.15. The van der Waals surface area contributed by atoms with Gasteiger partial charge in [0.1, 0.15) is 12.4 Å². The zero-order valence-electron chi connectivity index (χ0n) is 12.4. The topological polar surface area (TPSA) is 81.0 Å². The van der Waals surface area contributed by atoms with Crippen molar-refractivity contribution >= 4 is 6.09 Å². The molecule has 5 nitrogen and oxygen atoms in total. The average Bonchev–Trinajstić information content (AvgIpc) is 2.72. The number of H-pyrrole nitrogens is 1. The summed E-state index contributed by atoms with van der Waals surface area (Å²) in [6.07, 6.45) is 0.439. The van der Waals surface area contributed by atoms with E-state index in [1.54, 1.807) is 0 Å². The van der Waals surface area contributed by atoms with Gasteiger partial charge < -0.3 is 10.5 Å². The van der Waals surface area contributed by atoms with Crippen LogP contribution in [0.15, 0.2) is 11.9 Å². The highest BCUT2D eigenvalue weighted by atomic mass is 19.1. The third-order valence-corrected chi connectivity index (χ3v) is 2.93. The Labute approximate surface area is 118 Å². The third kappa shape index (κ3) is 4.36. The molecule has 0 aliphatic carbocycles. The van der Waals surface area contributed by atoms with E-state index in [1.807, 2.05) is 27.7 Å². The molecular weight excluding hydrogens is 261 g/mol. The Morgan fingerprint density at radius 2 is 2.05 bits per heavy atom. The van der Waals surface area contributed by atoms with Gasteiger partial charge in [-0.05, 0) is 17.9 Å². The van der Waals surface area contributed by atoms with Gasteiger partial charge in [0.15, 0.2) is 0 Å². The Balaban J connectivity index is 2.89. The minimum Gasteiger partial charge on any atom is -0.445 e. The van der Waals surface area contributed by atoms with Crippen LogP contribution in [0.2, 0.25) is 0 Å². The number of aromatic amines is 1. The van der Waals surface area contributed by atoms with E-state index in [-0.39, 0.29) is 30.7 Å². The number of carbonyl (C=O) groups excluding carboxylic acids is 1. The summed E-state index contributed by atoms with van der Waals surface area (Å²) in [4.78, 5) is 10.4. The molecule has 0 fully saturated rings. The number of halogens is 1. The van der Waals surface area contributed by atoms with E-state index in [1.165, 1.54) is 6.08 Å². The maximum absolute atomic E-state index is 13.9. The standard InChI is InChI=1S/C14H22FN3O2/c1-8(2)12-11(13(9(3)4)18-17-12)7-10(15)5-6-20-14(16)19/h5,8-9H,6-7H2,1-4H3,(H2,16,19)(H,17,18)/b10-5-. The summed E-state index contributed by atoms with van der Waals surface area (Å²) in [5.41, 5.74) is 7.50. The van der Waals surface area contributed by atoms with E-state index in [2.05, 4.69) is 14.9 Å². The number of nitrogens with one attached hydrogen (secondary N) is 1. The second kappa shape index (κ2) is 7.07. The summed E-state index contributed by atoms with van der Waals surface area (Å²) in [7, 11) is 0. The predicted molar refractivity (Wildman–Crippen MR) is 75.2 cm³/mol. The SMILES string of the molecule is CC(C)c1n[nH]c(C(C)C)c1C/C(F)=C/COC(N)=O. The van der Waals surface area contributed by atoms with E-state index in [0.717, 1.165) is 17.0 Å². The number of nitrogens with two attached hydrogens (primary N) is 1. The molecule has 0 spiro atoms. The molecule has 0 aliphatic heterocycles. The van der Waals surface area contributed by atoms with Crippen LogP contribution in [0.5, 0.6) is 0 Å². The highest BCUT2D eigenvalue weighted by molar-refractivity contribution is 5.64. The number of nitrogens with zero attached hydrogens (tertiary/aromatic N) is 1. The Morgan fingerprint density at radius 3 is 2.55 bits per heavy atom. The van der Waals surface area contributed by atoms with Gasteiger partial charge in [0.2, 0.25) is 0 Å². The molecule has 0 aromatic carbocycles. The number of rotatable bonds is 6. The van der Waals surface area contributed by atoms with E-state index in [4.69, 9.17) is 5.73 Å². The molecule has 112 valence electrons. The van der Waals surface area contributed by atoms with Crippen LogP contribution in [0, 0.1) is 0 Å². The van der Waals surface area contributed by atoms with Crippen LogP contribution in [0.25, 0.3) is 0 Å². The summed E-state index contributed by atoms with van der Waals surface area (Å²) in [6.45, 7) is 7.92. The van der Waals surface area contributed by atoms with Crippen LogP contribution in [0.4, 0.5) is 9.18 Å². The molecule has 3 N–H and O–H groups in total. The van der Waals surface area contributed by atoms with Gasteiger partial charge in [0.05, 0.1) is 5.69 Å². The van der Waals surface area contributed by atoms with Crippen LogP contribution < -0.4 is 5.73 Å². The molecule has 1 amide bonds. The van der Waals surface area contributed by atoms with Crippen LogP contribution in [0.3, 0.4) is 0 Å². The zero-order chi connectivity index (χ0) is 15.3. The highest BCUT2D eigenvalue weighted by Gasteiger charge is 2.18. The molecular formula is C14H22FN3O2. The molecule has 1 aromatic heterocycles. The summed E-state index contributed by atoms with van der Waals surface area (Å²) in [5.74, 6) is 0.0829. The van der Waals surface area contributed by atoms with Crippen molar-refractivity contribution in [2.75, 3.05) is 6.61 Å². The molecule has 0 bridgehead atoms. The second-order valence-corrected chi connectivity index (χ2v) is 5.27. The summed E-state index contributed by atoms with van der Waals surface area (Å²) in [6, 6.07) is 0. The lowest BCUT2D eigenvalue weighted by Gasteiger charge is -2.09. The number of amides is 1. The Morgan fingerprint density at radius 1 is 1.40 bits per heavy atom. The zero-order valence-corrected chi connectivity index (χ0v) is 12.4. The third-order valence-electron chi connectivity index (χ3n) is 2.93. The molecule has 0 unspecified atom stereocenters. The molecule has 0 radical (unpaired) electrons. The van der Waals surface area contributed by atoms with E-state index < -0.39 is 6.09 Å². The van der Waals surface area contributed by atoms with Gasteiger partial charge >= 0.3 is 6.09 Å². The first kappa shape index (κ1) is 16.2. The molecule has 20 heavy (non-hydrogen) atoms. The maximum Gasteiger partial charge on any atom is 0.404 e. The number of primary amides is 1. The molecule has 1 rings (SSSR count). The first-order chi connectivity index (χ1) is 9.32. The largest absolute Gasteiger partial charge is 0.445 e. The number of ether oxygens (including phenoxy) is 1. The van der Waals surface area contributed by atoms with Gasteiger partial charge in [-0.1, -0.05) is 27.7 Å². The van der Waals surface area contributed by atoms with Gasteiger partial charge in [-0.15, -0.1) is 0 Å². The molecule has 0 aliphatic rings. The quantitative estimate of drug-likeness (QED) is 0.841.